The predicted octanol–water partition coefficient (Wildman–Crippen LogP) is 3.38. The number of carbonyl (C=O) groups is 6. The van der Waals surface area contributed by atoms with Gasteiger partial charge in [0, 0.05) is 7.05 Å². The third-order valence-electron chi connectivity index (χ3n) is 9.58. The van der Waals surface area contributed by atoms with Crippen LogP contribution in [-0.4, -0.2) is 89.7 Å². The molecule has 6 amide bonds. The van der Waals surface area contributed by atoms with Crippen LogP contribution < -0.4 is 21.3 Å². The van der Waals surface area contributed by atoms with Gasteiger partial charge in [-0.3, -0.25) is 34.0 Å². The lowest BCUT2D eigenvalue weighted by Gasteiger charge is -2.35. The van der Waals surface area contributed by atoms with Gasteiger partial charge in [0.25, 0.3) is 0 Å². The highest BCUT2D eigenvalue weighted by Crippen LogP contribution is 2.25. The molecule has 298 valence electrons. The second kappa shape index (κ2) is 21.2. The first kappa shape index (κ1) is 45.3. The normalized spacial score (nSPS) is 14.9. The van der Waals surface area contributed by atoms with E-state index in [2.05, 4.69) is 21.3 Å². The molecular formula is C40H60N6O8. The van der Waals surface area contributed by atoms with Crippen molar-refractivity contribution in [2.24, 2.45) is 22.7 Å². The average molecular weight is 753 g/mol. The summed E-state index contributed by atoms with van der Waals surface area (Å²) in [6.45, 7) is 13.5. The molecule has 0 aliphatic rings. The molecule has 2 rings (SSSR count). The van der Waals surface area contributed by atoms with Gasteiger partial charge in [-0.15, -0.1) is 0 Å². The topological polar surface area (TPSA) is 186 Å². The minimum absolute atomic E-state index is 0.235. The van der Waals surface area contributed by atoms with Crippen LogP contribution in [0.4, 0.5) is 0 Å². The third-order valence-corrected chi connectivity index (χ3v) is 9.58. The van der Waals surface area contributed by atoms with Gasteiger partial charge in [-0.05, 0) is 61.5 Å². The number of hydroxylamine groups is 4. The van der Waals surface area contributed by atoms with Crippen molar-refractivity contribution in [2.75, 3.05) is 13.8 Å². The van der Waals surface area contributed by atoms with E-state index in [9.17, 15) is 34.0 Å². The van der Waals surface area contributed by atoms with Gasteiger partial charge in [0.05, 0.1) is 23.9 Å². The van der Waals surface area contributed by atoms with E-state index in [4.69, 9.17) is 4.84 Å². The Hall–Kier alpha value is -4.82. The molecule has 6 unspecified atom stereocenters. The van der Waals surface area contributed by atoms with Crippen molar-refractivity contribution >= 4 is 36.4 Å². The number of nitrogens with zero attached hydrogens (tertiary/aromatic N) is 2. The fourth-order valence-corrected chi connectivity index (χ4v) is 6.09. The first-order valence-electron chi connectivity index (χ1n) is 18.3. The Morgan fingerprint density at radius 2 is 1.11 bits per heavy atom. The summed E-state index contributed by atoms with van der Waals surface area (Å²) < 4.78 is 0. The maximum atomic E-state index is 13.8. The summed E-state index contributed by atoms with van der Waals surface area (Å²) in [5.74, 6) is -3.60. The maximum Gasteiger partial charge on any atom is 0.244 e. The molecule has 0 aromatic heterocycles. The summed E-state index contributed by atoms with van der Waals surface area (Å²) in [7, 11) is 1.50. The van der Waals surface area contributed by atoms with Crippen molar-refractivity contribution in [1.29, 1.82) is 0 Å². The fraction of sp³-hybridized carbons (Fsp3) is 0.550. The van der Waals surface area contributed by atoms with Crippen molar-refractivity contribution < 1.29 is 38.8 Å². The molecule has 0 saturated carbocycles. The van der Waals surface area contributed by atoms with E-state index in [1.165, 1.54) is 7.05 Å². The van der Waals surface area contributed by atoms with Gasteiger partial charge in [-0.25, -0.2) is 15.0 Å². The van der Waals surface area contributed by atoms with E-state index in [1.54, 1.807) is 34.6 Å². The lowest BCUT2D eigenvalue weighted by Crippen LogP contribution is -2.57. The summed E-state index contributed by atoms with van der Waals surface area (Å²) in [6.07, 6.45) is 2.26. The molecule has 2 aromatic carbocycles. The lowest BCUT2D eigenvalue weighted by atomic mass is 9.84. The quantitative estimate of drug-likeness (QED) is 0.0556. The fourth-order valence-electron chi connectivity index (χ4n) is 6.09. The second-order valence-corrected chi connectivity index (χ2v) is 15.7. The van der Waals surface area contributed by atoms with Crippen LogP contribution in [0.25, 0.3) is 0 Å². The number of nitrogens with one attached hydrogen (secondary N) is 4. The van der Waals surface area contributed by atoms with E-state index in [0.29, 0.717) is 30.7 Å². The molecule has 14 nitrogen and oxygen atoms in total. The zero-order chi connectivity index (χ0) is 40.6. The summed E-state index contributed by atoms with van der Waals surface area (Å²) in [5, 5.41) is 22.5. The van der Waals surface area contributed by atoms with Crippen LogP contribution >= 0.6 is 0 Å². The van der Waals surface area contributed by atoms with Crippen LogP contribution in [0, 0.1) is 22.7 Å². The molecule has 0 heterocycles. The number of rotatable bonds is 21. The minimum Gasteiger partial charge on any atom is -0.357 e. The van der Waals surface area contributed by atoms with E-state index in [1.807, 2.05) is 81.4 Å². The number of benzene rings is 2. The number of aryl methyl sites for hydroxylation is 2. The molecule has 2 aromatic rings. The van der Waals surface area contributed by atoms with E-state index in [-0.39, 0.29) is 18.7 Å². The summed E-state index contributed by atoms with van der Waals surface area (Å²) in [4.78, 5) is 83.4. The highest BCUT2D eigenvalue weighted by atomic mass is 16.7. The zero-order valence-electron chi connectivity index (χ0n) is 33.1. The Morgan fingerprint density at radius 1 is 0.685 bits per heavy atom. The molecular weight excluding hydrogens is 692 g/mol. The minimum atomic E-state index is -1.08. The van der Waals surface area contributed by atoms with Crippen molar-refractivity contribution in [2.45, 2.75) is 105 Å². The van der Waals surface area contributed by atoms with Crippen LogP contribution in [0.5, 0.6) is 0 Å². The van der Waals surface area contributed by atoms with Crippen LogP contribution in [0.15, 0.2) is 60.7 Å². The molecule has 0 aliphatic carbocycles. The number of hydrogen-bond acceptors (Lipinski definition) is 8. The van der Waals surface area contributed by atoms with E-state index >= 15 is 0 Å². The smallest absolute Gasteiger partial charge is 0.244 e. The Kier molecular flexibility index (Phi) is 17.8. The summed E-state index contributed by atoms with van der Waals surface area (Å²) in [6, 6.07) is 15.4. The highest BCUT2D eigenvalue weighted by molar-refractivity contribution is 5.90. The standard InChI is InChI=1S/C40H60N6O8/c1-27(45(53)25-47)31(22-20-29-16-12-10-13-17-29)35(49)44-34(40(6,7)8)38(52)42-24-54-46(26-48)28(2)32(23-21-30-18-14-11-15-19-30)36(50)43-33(37(51)41-9)39(3,4)5/h10-19,25-28,31-34,53H,20-24H2,1-9H3,(H,41,51)(H,42,52)(H,43,50)(H,44,49). The maximum absolute atomic E-state index is 13.8. The SMILES string of the molecule is CNC(=O)C(NC(=O)C(CCc1ccccc1)C(C)N(C=O)OCNC(=O)C(NC(=O)C(CCc1ccccc1)C(C)N(O)C=O)C(C)(C)C)C(C)(C)C. The molecule has 5 N–H and O–H groups in total. The average Bonchev–Trinajstić information content (AvgIpc) is 3.13. The van der Waals surface area contributed by atoms with Gasteiger partial charge in [-0.1, -0.05) is 102 Å². The van der Waals surface area contributed by atoms with Crippen molar-refractivity contribution in [3.63, 3.8) is 0 Å². The van der Waals surface area contributed by atoms with Crippen molar-refractivity contribution in [1.82, 2.24) is 31.4 Å². The number of hydrogen-bond donors (Lipinski definition) is 5. The first-order valence-corrected chi connectivity index (χ1v) is 18.3. The van der Waals surface area contributed by atoms with Gasteiger partial charge in [0.2, 0.25) is 36.4 Å². The van der Waals surface area contributed by atoms with E-state index in [0.717, 1.165) is 16.2 Å². The largest absolute Gasteiger partial charge is 0.357 e. The molecule has 6 atom stereocenters. The van der Waals surface area contributed by atoms with Gasteiger partial charge >= 0.3 is 0 Å². The molecule has 0 spiro atoms. The third kappa shape index (κ3) is 13.9. The molecule has 0 aliphatic heterocycles. The number of carbonyl (C=O) groups excluding carboxylic acids is 6. The van der Waals surface area contributed by atoms with E-state index < -0.39 is 71.3 Å². The molecule has 0 bridgehead atoms. The lowest BCUT2D eigenvalue weighted by molar-refractivity contribution is -0.196. The Morgan fingerprint density at radius 3 is 1.50 bits per heavy atom. The van der Waals surface area contributed by atoms with Crippen LogP contribution in [-0.2, 0) is 46.4 Å². The second-order valence-electron chi connectivity index (χ2n) is 15.7. The molecule has 54 heavy (non-hydrogen) atoms. The van der Waals surface area contributed by atoms with Gasteiger partial charge in [-0.2, -0.15) is 0 Å². The van der Waals surface area contributed by atoms with Gasteiger partial charge < -0.3 is 21.3 Å². The van der Waals surface area contributed by atoms with Gasteiger partial charge in [0.15, 0.2) is 0 Å². The van der Waals surface area contributed by atoms with Gasteiger partial charge in [0.1, 0.15) is 18.8 Å². The van der Waals surface area contributed by atoms with Crippen molar-refractivity contribution in [3.05, 3.63) is 71.8 Å². The summed E-state index contributed by atoms with van der Waals surface area (Å²) >= 11 is 0. The van der Waals surface area contributed by atoms with Crippen LogP contribution in [0.1, 0.15) is 79.4 Å². The predicted molar refractivity (Wildman–Crippen MR) is 204 cm³/mol. The molecule has 0 fully saturated rings. The van der Waals surface area contributed by atoms with Crippen LogP contribution in [0.3, 0.4) is 0 Å². The molecule has 0 saturated heterocycles. The van der Waals surface area contributed by atoms with Crippen molar-refractivity contribution in [3.8, 4) is 0 Å². The number of likely N-dealkylation sites (N-methyl/N-ethyl adjacent to an activating group) is 1. The Bertz CT molecular complexity index is 1510. The zero-order valence-corrected chi connectivity index (χ0v) is 33.1. The number of amides is 6. The monoisotopic (exact) mass is 752 g/mol. The highest BCUT2D eigenvalue weighted by Gasteiger charge is 2.39. The Balaban J connectivity index is 2.22. The summed E-state index contributed by atoms with van der Waals surface area (Å²) in [5.41, 5.74) is 0.550. The Labute approximate surface area is 319 Å². The molecule has 0 radical (unpaired) electrons. The molecule has 14 heteroatoms. The van der Waals surface area contributed by atoms with Crippen LogP contribution in [0.2, 0.25) is 0 Å². The first-order chi connectivity index (χ1) is 25.3.